The molecule has 0 aliphatic heterocycles. The molecule has 9 heteroatoms. The number of nitrogens with one attached hydrogen (secondary N) is 2. The molecule has 0 unspecified atom stereocenters. The zero-order chi connectivity index (χ0) is 17.8. The van der Waals surface area contributed by atoms with Gasteiger partial charge in [-0.3, -0.25) is 4.79 Å². The average Bonchev–Trinajstić information content (AvgIpc) is 3.33. The Morgan fingerprint density at radius 3 is 2.96 bits per heavy atom. The van der Waals surface area contributed by atoms with Gasteiger partial charge in [0.15, 0.2) is 0 Å². The van der Waals surface area contributed by atoms with Crippen LogP contribution in [-0.4, -0.2) is 42.7 Å². The minimum absolute atomic E-state index is 0.227. The minimum Gasteiger partial charge on any atom is -0.492 e. The van der Waals surface area contributed by atoms with Crippen molar-refractivity contribution >= 4 is 22.6 Å². The average molecular weight is 349 g/mol. The SMILES string of the molecule is O=C(Nc1cccc(OCCn2cncn2)c1)c1ccc2n[nH]nc2c1. The van der Waals surface area contributed by atoms with E-state index in [9.17, 15) is 4.79 Å². The Bertz CT molecular complexity index is 1030. The highest BCUT2D eigenvalue weighted by Crippen LogP contribution is 2.19. The molecule has 130 valence electrons. The maximum absolute atomic E-state index is 12.4. The smallest absolute Gasteiger partial charge is 0.255 e. The minimum atomic E-state index is -0.227. The third-order valence-corrected chi connectivity index (χ3v) is 3.73. The van der Waals surface area contributed by atoms with E-state index in [1.54, 1.807) is 41.3 Å². The van der Waals surface area contributed by atoms with Gasteiger partial charge in [0, 0.05) is 17.3 Å². The van der Waals surface area contributed by atoms with Gasteiger partial charge in [-0.05, 0) is 30.3 Å². The van der Waals surface area contributed by atoms with Crippen LogP contribution in [0.25, 0.3) is 11.0 Å². The first-order valence-electron chi connectivity index (χ1n) is 7.95. The summed E-state index contributed by atoms with van der Waals surface area (Å²) in [4.78, 5) is 16.3. The standard InChI is InChI=1S/C17H15N7O2/c25-17(12-4-5-15-16(8-12)22-23-21-15)20-13-2-1-3-14(9-13)26-7-6-24-11-18-10-19-24/h1-5,8-11H,6-7H2,(H,20,25)(H,21,22,23). The van der Waals surface area contributed by atoms with Gasteiger partial charge in [-0.2, -0.15) is 20.5 Å². The molecular weight excluding hydrogens is 334 g/mol. The first-order chi connectivity index (χ1) is 12.8. The lowest BCUT2D eigenvalue weighted by Gasteiger charge is -2.09. The topological polar surface area (TPSA) is 111 Å². The van der Waals surface area contributed by atoms with E-state index in [1.807, 2.05) is 12.1 Å². The maximum atomic E-state index is 12.4. The van der Waals surface area contributed by atoms with Crippen molar-refractivity contribution in [3.63, 3.8) is 0 Å². The summed E-state index contributed by atoms with van der Waals surface area (Å²) in [5.41, 5.74) is 2.50. The number of ether oxygens (including phenoxy) is 1. The van der Waals surface area contributed by atoms with E-state index in [-0.39, 0.29) is 5.91 Å². The van der Waals surface area contributed by atoms with Crippen molar-refractivity contribution in [2.24, 2.45) is 0 Å². The number of amides is 1. The van der Waals surface area contributed by atoms with Gasteiger partial charge in [-0.25, -0.2) is 9.67 Å². The molecule has 0 fully saturated rings. The first kappa shape index (κ1) is 15.8. The molecule has 2 aromatic carbocycles. The van der Waals surface area contributed by atoms with Gasteiger partial charge >= 0.3 is 0 Å². The van der Waals surface area contributed by atoms with Crippen molar-refractivity contribution in [1.29, 1.82) is 0 Å². The number of hydrogen-bond donors (Lipinski definition) is 2. The van der Waals surface area contributed by atoms with Crippen LogP contribution >= 0.6 is 0 Å². The van der Waals surface area contributed by atoms with Gasteiger partial charge in [0.1, 0.15) is 36.0 Å². The number of aromatic nitrogens is 6. The zero-order valence-corrected chi connectivity index (χ0v) is 13.7. The number of aromatic amines is 1. The third kappa shape index (κ3) is 3.51. The summed E-state index contributed by atoms with van der Waals surface area (Å²) < 4.78 is 7.38. The molecule has 9 nitrogen and oxygen atoms in total. The van der Waals surface area contributed by atoms with Crippen LogP contribution < -0.4 is 10.1 Å². The highest BCUT2D eigenvalue weighted by Gasteiger charge is 2.09. The lowest BCUT2D eigenvalue weighted by atomic mass is 10.2. The van der Waals surface area contributed by atoms with Crippen molar-refractivity contribution in [3.05, 3.63) is 60.7 Å². The Hall–Kier alpha value is -3.75. The second-order valence-electron chi connectivity index (χ2n) is 5.52. The molecular formula is C17H15N7O2. The van der Waals surface area contributed by atoms with Crippen LogP contribution in [0.5, 0.6) is 5.75 Å². The maximum Gasteiger partial charge on any atom is 0.255 e. The van der Waals surface area contributed by atoms with Crippen molar-refractivity contribution in [2.75, 3.05) is 11.9 Å². The second kappa shape index (κ2) is 7.01. The highest BCUT2D eigenvalue weighted by atomic mass is 16.5. The van der Waals surface area contributed by atoms with E-state index >= 15 is 0 Å². The summed E-state index contributed by atoms with van der Waals surface area (Å²) in [6.45, 7) is 1.04. The summed E-state index contributed by atoms with van der Waals surface area (Å²) in [5, 5.41) is 17.4. The van der Waals surface area contributed by atoms with E-state index in [0.717, 1.165) is 0 Å². The van der Waals surface area contributed by atoms with Crippen molar-refractivity contribution in [3.8, 4) is 5.75 Å². The molecule has 0 atom stereocenters. The number of fused-ring (bicyclic) bond motifs is 1. The summed E-state index contributed by atoms with van der Waals surface area (Å²) in [6, 6.07) is 12.4. The number of benzene rings is 2. The molecule has 0 aliphatic rings. The fourth-order valence-electron chi connectivity index (χ4n) is 2.45. The summed E-state index contributed by atoms with van der Waals surface area (Å²) in [6.07, 6.45) is 3.11. The van der Waals surface area contributed by atoms with Crippen molar-refractivity contribution < 1.29 is 9.53 Å². The van der Waals surface area contributed by atoms with Crippen LogP contribution in [0.15, 0.2) is 55.1 Å². The Morgan fingerprint density at radius 2 is 2.08 bits per heavy atom. The van der Waals surface area contributed by atoms with Crippen LogP contribution in [0.1, 0.15) is 10.4 Å². The number of carbonyl (C=O) groups excluding carboxylic acids is 1. The predicted molar refractivity (Wildman–Crippen MR) is 93.8 cm³/mol. The van der Waals surface area contributed by atoms with Crippen molar-refractivity contribution in [2.45, 2.75) is 6.54 Å². The second-order valence-corrected chi connectivity index (χ2v) is 5.52. The molecule has 1 amide bonds. The van der Waals surface area contributed by atoms with Gasteiger partial charge in [0.2, 0.25) is 0 Å². The number of hydrogen-bond acceptors (Lipinski definition) is 6. The quantitative estimate of drug-likeness (QED) is 0.550. The van der Waals surface area contributed by atoms with Crippen LogP contribution in [-0.2, 0) is 6.54 Å². The lowest BCUT2D eigenvalue weighted by molar-refractivity contribution is 0.102. The number of anilines is 1. The molecule has 0 bridgehead atoms. The van der Waals surface area contributed by atoms with Gasteiger partial charge in [0.05, 0.1) is 6.54 Å². The van der Waals surface area contributed by atoms with E-state index in [2.05, 4.69) is 30.8 Å². The largest absolute Gasteiger partial charge is 0.492 e. The number of carbonyl (C=O) groups is 1. The normalized spacial score (nSPS) is 10.8. The van der Waals surface area contributed by atoms with Crippen molar-refractivity contribution in [1.82, 2.24) is 30.2 Å². The molecule has 2 aromatic heterocycles. The number of H-pyrrole nitrogens is 1. The molecule has 0 aliphatic carbocycles. The van der Waals surface area contributed by atoms with Crippen LogP contribution in [0.4, 0.5) is 5.69 Å². The molecule has 0 saturated heterocycles. The molecule has 2 heterocycles. The summed E-state index contributed by atoms with van der Waals surface area (Å²) in [7, 11) is 0. The van der Waals surface area contributed by atoms with Crippen LogP contribution in [0, 0.1) is 0 Å². The Labute approximate surface area is 148 Å². The van der Waals surface area contributed by atoms with Gasteiger partial charge in [-0.1, -0.05) is 6.07 Å². The van der Waals surface area contributed by atoms with Gasteiger partial charge in [-0.15, -0.1) is 0 Å². The molecule has 4 rings (SSSR count). The lowest BCUT2D eigenvalue weighted by Crippen LogP contribution is -2.12. The highest BCUT2D eigenvalue weighted by molar-refractivity contribution is 6.05. The van der Waals surface area contributed by atoms with Crippen LogP contribution in [0.3, 0.4) is 0 Å². The van der Waals surface area contributed by atoms with E-state index in [1.165, 1.54) is 6.33 Å². The molecule has 4 aromatic rings. The summed E-state index contributed by atoms with van der Waals surface area (Å²) in [5.74, 6) is 0.435. The Morgan fingerprint density at radius 1 is 1.15 bits per heavy atom. The number of nitrogens with zero attached hydrogens (tertiary/aromatic N) is 5. The third-order valence-electron chi connectivity index (χ3n) is 3.73. The van der Waals surface area contributed by atoms with Crippen LogP contribution in [0.2, 0.25) is 0 Å². The Kier molecular flexibility index (Phi) is 4.25. The number of rotatable bonds is 6. The van der Waals surface area contributed by atoms with E-state index in [0.29, 0.717) is 41.2 Å². The molecule has 26 heavy (non-hydrogen) atoms. The predicted octanol–water partition coefficient (Wildman–Crippen LogP) is 1.88. The molecule has 0 radical (unpaired) electrons. The summed E-state index contributed by atoms with van der Waals surface area (Å²) >= 11 is 0. The zero-order valence-electron chi connectivity index (χ0n) is 13.7. The fraction of sp³-hybridized carbons (Fsp3) is 0.118. The van der Waals surface area contributed by atoms with Gasteiger partial charge < -0.3 is 10.1 Å². The Balaban J connectivity index is 1.40. The fourth-order valence-corrected chi connectivity index (χ4v) is 2.45. The molecule has 0 saturated carbocycles. The molecule has 0 spiro atoms. The van der Waals surface area contributed by atoms with E-state index < -0.39 is 0 Å². The van der Waals surface area contributed by atoms with Gasteiger partial charge in [0.25, 0.3) is 5.91 Å². The van der Waals surface area contributed by atoms with E-state index in [4.69, 9.17) is 4.74 Å². The monoisotopic (exact) mass is 349 g/mol. The first-order valence-corrected chi connectivity index (χ1v) is 7.95. The molecule has 2 N–H and O–H groups in total.